The molecule has 0 aromatic heterocycles. The lowest BCUT2D eigenvalue weighted by molar-refractivity contribution is 0.00454. The van der Waals surface area contributed by atoms with E-state index in [1.54, 1.807) is 0 Å². The average Bonchev–Trinajstić information content (AvgIpc) is 2.05. The summed E-state index contributed by atoms with van der Waals surface area (Å²) in [6.07, 6.45) is 2.47. The molecule has 1 aliphatic rings. The summed E-state index contributed by atoms with van der Waals surface area (Å²) in [5, 5.41) is 0. The number of hydrogen-bond donors (Lipinski definition) is 1. The Hall–Kier alpha value is -0.120. The van der Waals surface area contributed by atoms with Gasteiger partial charge < -0.3 is 9.74 Å². The number of likely N-dealkylation sites (tertiary alicyclic amines) is 1. The van der Waals surface area contributed by atoms with E-state index in [4.69, 9.17) is 10.7 Å². The average molecular weight is 172 g/mol. The predicted molar refractivity (Wildman–Crippen MR) is 49.6 cm³/mol. The van der Waals surface area contributed by atoms with Crippen molar-refractivity contribution < 1.29 is 4.84 Å². The predicted octanol–water partition coefficient (Wildman–Crippen LogP) is 0.997. The number of piperidine rings is 1. The van der Waals surface area contributed by atoms with Gasteiger partial charge in [0.25, 0.3) is 0 Å². The fourth-order valence-corrected chi connectivity index (χ4v) is 1.74. The maximum Gasteiger partial charge on any atom is 0.0811 e. The van der Waals surface area contributed by atoms with Gasteiger partial charge in [-0.3, -0.25) is 0 Å². The molecular weight excluding hydrogens is 152 g/mol. The lowest BCUT2D eigenvalue weighted by atomic mass is 10.1. The molecular formula is C9H20N2O. The Morgan fingerprint density at radius 1 is 1.42 bits per heavy atom. The molecule has 0 spiro atoms. The fourth-order valence-electron chi connectivity index (χ4n) is 1.74. The highest BCUT2D eigenvalue weighted by molar-refractivity contribution is 4.72. The largest absolute Gasteiger partial charge is 0.303 e. The van der Waals surface area contributed by atoms with Gasteiger partial charge in [-0.25, -0.2) is 5.90 Å². The molecule has 1 rings (SSSR count). The molecule has 0 radical (unpaired) electrons. The van der Waals surface area contributed by atoms with E-state index in [0.717, 1.165) is 31.8 Å². The minimum atomic E-state index is 0.299. The van der Waals surface area contributed by atoms with Crippen LogP contribution >= 0.6 is 0 Å². The van der Waals surface area contributed by atoms with Gasteiger partial charge in [-0.1, -0.05) is 13.8 Å². The Balaban J connectivity index is 2.17. The second-order valence-electron chi connectivity index (χ2n) is 4.03. The molecule has 0 aliphatic carbocycles. The van der Waals surface area contributed by atoms with E-state index in [1.165, 1.54) is 6.54 Å². The molecule has 1 saturated heterocycles. The number of nitrogens with zero attached hydrogens (tertiary/aromatic N) is 1. The van der Waals surface area contributed by atoms with Crippen molar-refractivity contribution in [2.75, 3.05) is 19.6 Å². The monoisotopic (exact) mass is 172 g/mol. The van der Waals surface area contributed by atoms with Crippen molar-refractivity contribution in [2.24, 2.45) is 11.8 Å². The van der Waals surface area contributed by atoms with Gasteiger partial charge in [0.1, 0.15) is 0 Å². The van der Waals surface area contributed by atoms with Crippen LogP contribution in [-0.4, -0.2) is 30.6 Å². The summed E-state index contributed by atoms with van der Waals surface area (Å²) in [4.78, 5) is 7.30. The molecule has 0 saturated carbocycles. The molecule has 3 nitrogen and oxygen atoms in total. The second-order valence-corrected chi connectivity index (χ2v) is 4.03. The van der Waals surface area contributed by atoms with Gasteiger partial charge in [-0.2, -0.15) is 0 Å². The normalized spacial score (nSPS) is 22.0. The molecule has 3 heteroatoms. The highest BCUT2D eigenvalue weighted by Crippen LogP contribution is 2.13. The zero-order valence-corrected chi connectivity index (χ0v) is 8.12. The first kappa shape index (κ1) is 9.96. The molecule has 0 bridgehead atoms. The maximum atomic E-state index is 5.13. The van der Waals surface area contributed by atoms with Crippen LogP contribution in [0.4, 0.5) is 0 Å². The zero-order valence-electron chi connectivity index (χ0n) is 8.12. The van der Waals surface area contributed by atoms with Gasteiger partial charge >= 0.3 is 0 Å². The van der Waals surface area contributed by atoms with Crippen LogP contribution in [0.3, 0.4) is 0 Å². The summed E-state index contributed by atoms with van der Waals surface area (Å²) in [6, 6.07) is 0. The first-order chi connectivity index (χ1) is 5.72. The third kappa shape index (κ3) is 3.09. The summed E-state index contributed by atoms with van der Waals surface area (Å²) in [6.45, 7) is 7.99. The van der Waals surface area contributed by atoms with Crippen LogP contribution in [0.1, 0.15) is 26.7 Å². The zero-order chi connectivity index (χ0) is 8.97. The molecule has 72 valence electrons. The smallest absolute Gasteiger partial charge is 0.0811 e. The minimum absolute atomic E-state index is 0.299. The van der Waals surface area contributed by atoms with Crippen molar-refractivity contribution in [3.05, 3.63) is 0 Å². The first-order valence-electron chi connectivity index (χ1n) is 4.80. The molecule has 0 aromatic carbocycles. The van der Waals surface area contributed by atoms with E-state index < -0.39 is 0 Å². The lowest BCUT2D eigenvalue weighted by Crippen LogP contribution is -2.39. The van der Waals surface area contributed by atoms with E-state index in [2.05, 4.69) is 18.7 Å². The van der Waals surface area contributed by atoms with E-state index in [1.807, 2.05) is 0 Å². The number of hydrogen-bond acceptors (Lipinski definition) is 3. The standard InChI is InChI=1S/C9H20N2O/c1-8(2)7-11-5-3-9(12-10)4-6-11/h8-9H,3-7,10H2,1-2H3. The first-order valence-corrected chi connectivity index (χ1v) is 4.80. The Bertz CT molecular complexity index is 120. The number of rotatable bonds is 3. The Morgan fingerprint density at radius 2 is 2.00 bits per heavy atom. The topological polar surface area (TPSA) is 38.5 Å². The van der Waals surface area contributed by atoms with Crippen molar-refractivity contribution in [2.45, 2.75) is 32.8 Å². The summed E-state index contributed by atoms with van der Waals surface area (Å²) >= 11 is 0. The van der Waals surface area contributed by atoms with Crippen LogP contribution in [0.15, 0.2) is 0 Å². The van der Waals surface area contributed by atoms with Gasteiger partial charge in [-0.05, 0) is 18.8 Å². The van der Waals surface area contributed by atoms with Gasteiger partial charge in [0.05, 0.1) is 6.10 Å². The van der Waals surface area contributed by atoms with Crippen LogP contribution in [0.25, 0.3) is 0 Å². The van der Waals surface area contributed by atoms with E-state index in [-0.39, 0.29) is 0 Å². The molecule has 0 amide bonds. The molecule has 0 aromatic rings. The van der Waals surface area contributed by atoms with Gasteiger partial charge in [0.15, 0.2) is 0 Å². The molecule has 12 heavy (non-hydrogen) atoms. The molecule has 1 fully saturated rings. The highest BCUT2D eigenvalue weighted by atomic mass is 16.6. The van der Waals surface area contributed by atoms with Crippen molar-refractivity contribution in [1.82, 2.24) is 4.90 Å². The fraction of sp³-hybridized carbons (Fsp3) is 1.00. The quantitative estimate of drug-likeness (QED) is 0.645. The van der Waals surface area contributed by atoms with E-state index >= 15 is 0 Å². The summed E-state index contributed by atoms with van der Waals surface area (Å²) in [7, 11) is 0. The van der Waals surface area contributed by atoms with E-state index in [9.17, 15) is 0 Å². The van der Waals surface area contributed by atoms with Crippen LogP contribution in [-0.2, 0) is 4.84 Å². The van der Waals surface area contributed by atoms with Crippen LogP contribution < -0.4 is 5.90 Å². The molecule has 1 heterocycles. The maximum absolute atomic E-state index is 5.13. The molecule has 1 aliphatic heterocycles. The van der Waals surface area contributed by atoms with E-state index in [0.29, 0.717) is 6.10 Å². The summed E-state index contributed by atoms with van der Waals surface area (Å²) in [5.41, 5.74) is 0. The number of nitrogens with two attached hydrogens (primary N) is 1. The van der Waals surface area contributed by atoms with Gasteiger partial charge in [-0.15, -0.1) is 0 Å². The van der Waals surface area contributed by atoms with Gasteiger partial charge in [0.2, 0.25) is 0 Å². The lowest BCUT2D eigenvalue weighted by Gasteiger charge is -2.31. The third-order valence-electron chi connectivity index (χ3n) is 2.35. The van der Waals surface area contributed by atoms with Crippen molar-refractivity contribution in [3.8, 4) is 0 Å². The molecule has 2 N–H and O–H groups in total. The Kier molecular flexibility index (Phi) is 3.98. The van der Waals surface area contributed by atoms with Crippen LogP contribution in [0.5, 0.6) is 0 Å². The van der Waals surface area contributed by atoms with Crippen molar-refractivity contribution in [3.63, 3.8) is 0 Å². The Labute approximate surface area is 74.8 Å². The SMILES string of the molecule is CC(C)CN1CCC(ON)CC1. The Morgan fingerprint density at radius 3 is 2.42 bits per heavy atom. The second kappa shape index (κ2) is 4.80. The van der Waals surface area contributed by atoms with Crippen molar-refractivity contribution in [1.29, 1.82) is 0 Å². The van der Waals surface area contributed by atoms with Crippen LogP contribution in [0.2, 0.25) is 0 Å². The van der Waals surface area contributed by atoms with Gasteiger partial charge in [0, 0.05) is 19.6 Å². The van der Waals surface area contributed by atoms with Crippen molar-refractivity contribution >= 4 is 0 Å². The van der Waals surface area contributed by atoms with Crippen LogP contribution in [0, 0.1) is 5.92 Å². The summed E-state index contributed by atoms with van der Waals surface area (Å²) < 4.78 is 0. The third-order valence-corrected chi connectivity index (χ3v) is 2.35. The summed E-state index contributed by atoms with van der Waals surface area (Å²) in [5.74, 6) is 5.90. The minimum Gasteiger partial charge on any atom is -0.303 e. The molecule has 0 unspecified atom stereocenters. The molecule has 0 atom stereocenters. The highest BCUT2D eigenvalue weighted by Gasteiger charge is 2.19.